The van der Waals surface area contributed by atoms with Crippen LogP contribution in [0, 0.1) is 13.8 Å². The van der Waals surface area contributed by atoms with E-state index in [1.807, 2.05) is 0 Å². The first kappa shape index (κ1) is 40.4. The number of rotatable bonds is 11. The lowest BCUT2D eigenvalue weighted by Crippen LogP contribution is -2.38. The van der Waals surface area contributed by atoms with Crippen molar-refractivity contribution < 1.29 is 30.3 Å². The first-order chi connectivity index (χ1) is 26.5. The molecule has 0 unspecified atom stereocenters. The largest absolute Gasteiger partial charge is 0.507 e. The van der Waals surface area contributed by atoms with Crippen molar-refractivity contribution in [3.63, 3.8) is 0 Å². The molecular weight excluding hydrogens is 753 g/mol. The molecule has 5 N–H and O–H groups in total. The summed E-state index contributed by atoms with van der Waals surface area (Å²) < 4.78 is 5.26. The average Bonchev–Trinajstić information content (AvgIpc) is 3.17. The Balaban J connectivity index is 1.69. The maximum Gasteiger partial charge on any atom is 0.230 e. The Kier molecular flexibility index (Phi) is 11.3. The molecule has 0 saturated heterocycles. The zero-order valence-corrected chi connectivity index (χ0v) is 33.6. The summed E-state index contributed by atoms with van der Waals surface area (Å²) in [6.45, 7) is 9.55. The van der Waals surface area contributed by atoms with Gasteiger partial charge in [0.1, 0.15) is 17.2 Å². The second kappa shape index (κ2) is 15.7. The van der Waals surface area contributed by atoms with Gasteiger partial charge in [-0.2, -0.15) is 0 Å². The highest BCUT2D eigenvalue weighted by molar-refractivity contribution is 7.98. The van der Waals surface area contributed by atoms with Crippen molar-refractivity contribution in [3.8, 4) is 51.0 Å². The first-order valence-corrected chi connectivity index (χ1v) is 19.9. The van der Waals surface area contributed by atoms with Crippen molar-refractivity contribution in [3.05, 3.63) is 128 Å². The minimum atomic E-state index is -0.908. The molecule has 12 heteroatoms. The van der Waals surface area contributed by atoms with E-state index < -0.39 is 50.8 Å². The van der Waals surface area contributed by atoms with E-state index >= 15 is 4.79 Å². The molecule has 0 fully saturated rings. The average molecular weight is 795 g/mol. The normalized spacial score (nSPS) is 11.8. The van der Waals surface area contributed by atoms with E-state index in [0.717, 1.165) is 4.90 Å². The number of fused-ring (bicyclic) bond motifs is 2. The SMILES string of the molecule is COc1ccc(SCc2c(O)c(O)c(C(C)C)c3c(O)c(C)c(-c4c(C)c(=O)c5c(C(C)C)c(=O)c(=O)c(CSc6ccc(CO)cc6)c-5c4=O)c(O)c23)cc1. The van der Waals surface area contributed by atoms with Gasteiger partial charge in [0.15, 0.2) is 22.4 Å². The van der Waals surface area contributed by atoms with Crippen LogP contribution in [0.2, 0.25) is 0 Å². The summed E-state index contributed by atoms with van der Waals surface area (Å²) in [4.78, 5) is 58.5. The Bertz CT molecular complexity index is 2690. The summed E-state index contributed by atoms with van der Waals surface area (Å²) in [6, 6.07) is 14.0. The predicted octanol–water partition coefficient (Wildman–Crippen LogP) is 7.70. The van der Waals surface area contributed by atoms with Crippen molar-refractivity contribution in [1.82, 2.24) is 0 Å². The summed E-state index contributed by atoms with van der Waals surface area (Å²) in [7, 11) is 1.55. The van der Waals surface area contributed by atoms with Crippen molar-refractivity contribution in [2.45, 2.75) is 81.3 Å². The van der Waals surface area contributed by atoms with Gasteiger partial charge in [-0.3, -0.25) is 19.2 Å². The smallest absolute Gasteiger partial charge is 0.230 e. The van der Waals surface area contributed by atoms with Gasteiger partial charge in [-0.1, -0.05) is 39.8 Å². The van der Waals surface area contributed by atoms with E-state index in [1.54, 1.807) is 83.3 Å². The lowest BCUT2D eigenvalue weighted by atomic mass is 9.80. The number of hydrogen-bond acceptors (Lipinski definition) is 12. The van der Waals surface area contributed by atoms with Gasteiger partial charge in [0.05, 0.1) is 13.7 Å². The van der Waals surface area contributed by atoms with Crippen molar-refractivity contribution in [2.75, 3.05) is 7.11 Å². The summed E-state index contributed by atoms with van der Waals surface area (Å²) in [5, 5.41) is 56.8. The van der Waals surface area contributed by atoms with Crippen LogP contribution in [0.25, 0.3) is 33.0 Å². The number of aromatic hydroxyl groups is 4. The molecule has 10 nitrogen and oxygen atoms in total. The van der Waals surface area contributed by atoms with Crippen LogP contribution < -0.4 is 26.5 Å². The van der Waals surface area contributed by atoms with Gasteiger partial charge in [-0.15, -0.1) is 23.5 Å². The molecule has 2 aliphatic carbocycles. The van der Waals surface area contributed by atoms with E-state index in [2.05, 4.69) is 0 Å². The first-order valence-electron chi connectivity index (χ1n) is 18.0. The van der Waals surface area contributed by atoms with Crippen LogP contribution in [0.1, 0.15) is 78.5 Å². The lowest BCUT2D eigenvalue weighted by Gasteiger charge is -2.24. The molecule has 4 aromatic carbocycles. The molecule has 290 valence electrons. The fourth-order valence-corrected chi connectivity index (χ4v) is 9.27. The number of phenols is 4. The van der Waals surface area contributed by atoms with E-state index in [1.165, 1.54) is 37.4 Å². The fourth-order valence-electron chi connectivity index (χ4n) is 7.44. The van der Waals surface area contributed by atoms with Gasteiger partial charge in [-0.25, -0.2) is 0 Å². The number of methoxy groups -OCH3 is 1. The van der Waals surface area contributed by atoms with Crippen LogP contribution in [0.3, 0.4) is 0 Å². The quantitative estimate of drug-likeness (QED) is 0.0374. The Morgan fingerprint density at radius 1 is 0.554 bits per heavy atom. The zero-order chi connectivity index (χ0) is 40.9. The molecular formula is C44H42O10S2. The molecule has 0 atom stereocenters. The number of aliphatic hydroxyl groups is 1. The molecule has 0 radical (unpaired) electrons. The van der Waals surface area contributed by atoms with Crippen LogP contribution in [-0.2, 0) is 18.1 Å². The highest BCUT2D eigenvalue weighted by atomic mass is 32.2. The number of benzene rings is 6. The fraction of sp³-hybridized carbons (Fsp3) is 0.273. The van der Waals surface area contributed by atoms with Gasteiger partial charge < -0.3 is 30.3 Å². The van der Waals surface area contributed by atoms with E-state index in [9.17, 15) is 39.9 Å². The molecule has 0 bridgehead atoms. The monoisotopic (exact) mass is 794 g/mol. The maximum atomic E-state index is 15.0. The van der Waals surface area contributed by atoms with Crippen LogP contribution in [0.15, 0.2) is 77.5 Å². The molecule has 2 aliphatic rings. The van der Waals surface area contributed by atoms with Crippen LogP contribution in [-0.4, -0.2) is 32.6 Å². The summed E-state index contributed by atoms with van der Waals surface area (Å²) in [5.41, 5.74) is -3.38. The third-order valence-corrected chi connectivity index (χ3v) is 12.4. The Morgan fingerprint density at radius 3 is 1.64 bits per heavy atom. The zero-order valence-electron chi connectivity index (χ0n) is 32.0. The molecule has 0 heterocycles. The second-order valence-corrected chi connectivity index (χ2v) is 16.5. The van der Waals surface area contributed by atoms with Gasteiger partial charge in [0.25, 0.3) is 0 Å². The van der Waals surface area contributed by atoms with Crippen LogP contribution in [0.4, 0.5) is 0 Å². The van der Waals surface area contributed by atoms with Crippen molar-refractivity contribution in [1.29, 1.82) is 0 Å². The van der Waals surface area contributed by atoms with Gasteiger partial charge in [0, 0.05) is 87.7 Å². The molecule has 4 aromatic rings. The molecule has 0 amide bonds. The molecule has 0 aliphatic heterocycles. The molecule has 0 saturated carbocycles. The lowest BCUT2D eigenvalue weighted by molar-refractivity contribution is 0.282. The topological polar surface area (TPSA) is 179 Å². The van der Waals surface area contributed by atoms with Crippen LogP contribution in [0.5, 0.6) is 28.7 Å². The van der Waals surface area contributed by atoms with Gasteiger partial charge >= 0.3 is 0 Å². The Hall–Kier alpha value is -5.30. The molecule has 0 spiro atoms. The van der Waals surface area contributed by atoms with Gasteiger partial charge in [-0.05, 0) is 67.6 Å². The van der Waals surface area contributed by atoms with E-state index in [4.69, 9.17) is 4.74 Å². The standard InChI is InChI=1S/C44H42O10S2/c1-19(2)29-35-33(27(39(48)43(29)52)17-55-25-12-8-23(16-45)9-13-25)41(50)31(21(5)37(35)46)32-22(6)38(47)36-30(20(3)4)44(53)40(49)28(34(36)42(32)51)18-56-26-14-10-24(54-7)11-15-26/h8-15,19-20,45,47,49,51,53H,16-18H2,1-7H3. The van der Waals surface area contributed by atoms with Gasteiger partial charge in [0.2, 0.25) is 10.9 Å². The maximum absolute atomic E-state index is 15.0. The van der Waals surface area contributed by atoms with E-state index in [0.29, 0.717) is 16.2 Å². The summed E-state index contributed by atoms with van der Waals surface area (Å²) in [6.07, 6.45) is 0. The van der Waals surface area contributed by atoms with Crippen molar-refractivity contribution in [2.24, 2.45) is 0 Å². The number of ether oxygens (including phenoxy) is 1. The van der Waals surface area contributed by atoms with E-state index in [-0.39, 0.29) is 90.3 Å². The number of aliphatic hydroxyl groups excluding tert-OH is 1. The minimum Gasteiger partial charge on any atom is -0.507 e. The Labute approximate surface area is 331 Å². The third-order valence-electron chi connectivity index (χ3n) is 10.3. The van der Waals surface area contributed by atoms with Crippen molar-refractivity contribution >= 4 is 34.3 Å². The summed E-state index contributed by atoms with van der Waals surface area (Å²) >= 11 is 2.46. The Morgan fingerprint density at radius 2 is 1.11 bits per heavy atom. The van der Waals surface area contributed by atoms with Crippen LogP contribution >= 0.6 is 23.5 Å². The number of phenolic OH excluding ortho intramolecular Hbond substituents is 4. The molecule has 0 aromatic heterocycles. The highest BCUT2D eigenvalue weighted by Crippen LogP contribution is 2.54. The third kappa shape index (κ3) is 6.69. The number of thioether (sulfide) groups is 2. The minimum absolute atomic E-state index is 0.00800. The molecule has 6 rings (SSSR count). The highest BCUT2D eigenvalue weighted by Gasteiger charge is 2.34. The number of hydrogen-bond donors (Lipinski definition) is 5. The summed E-state index contributed by atoms with van der Waals surface area (Å²) in [5.74, 6) is -2.38. The second-order valence-electron chi connectivity index (χ2n) is 14.4. The predicted molar refractivity (Wildman–Crippen MR) is 222 cm³/mol. The molecule has 56 heavy (non-hydrogen) atoms.